The fourth-order valence-corrected chi connectivity index (χ4v) is 7.37. The van der Waals surface area contributed by atoms with Crippen LogP contribution >= 0.6 is 0 Å². The number of carbonyl (C=O) groups is 1. The van der Waals surface area contributed by atoms with Crippen molar-refractivity contribution in [2.75, 3.05) is 0 Å². The predicted molar refractivity (Wildman–Crippen MR) is 131 cm³/mol. The summed E-state index contributed by atoms with van der Waals surface area (Å²) >= 11 is 0. The monoisotopic (exact) mass is 432 g/mol. The molecule has 0 aromatic heterocycles. The lowest BCUT2D eigenvalue weighted by Crippen LogP contribution is -2.43. The molecular weight excluding hydrogens is 380 g/mol. The molecule has 31 heavy (non-hydrogen) atoms. The summed E-state index contributed by atoms with van der Waals surface area (Å²) in [6, 6.07) is 0. The van der Waals surface area contributed by atoms with E-state index in [1.807, 2.05) is 0 Å². The van der Waals surface area contributed by atoms with Gasteiger partial charge in [0.2, 0.25) is 0 Å². The van der Waals surface area contributed by atoms with Gasteiger partial charge in [-0.2, -0.15) is 0 Å². The van der Waals surface area contributed by atoms with Gasteiger partial charge >= 0.3 is 5.97 Å². The van der Waals surface area contributed by atoms with Crippen molar-refractivity contribution in [2.45, 2.75) is 148 Å². The normalized spacial score (nSPS) is 32.8. The highest BCUT2D eigenvalue weighted by Crippen LogP contribution is 2.53. The Morgan fingerprint density at radius 2 is 1.29 bits per heavy atom. The van der Waals surface area contributed by atoms with Gasteiger partial charge in [0, 0.05) is 6.42 Å². The van der Waals surface area contributed by atoms with E-state index in [1.165, 1.54) is 103 Å². The zero-order valence-corrected chi connectivity index (χ0v) is 20.9. The van der Waals surface area contributed by atoms with E-state index in [2.05, 4.69) is 13.8 Å². The third-order valence-corrected chi connectivity index (χ3v) is 9.10. The minimum Gasteiger partial charge on any atom is -0.462 e. The van der Waals surface area contributed by atoms with E-state index in [0.29, 0.717) is 6.42 Å². The average Bonchev–Trinajstić information content (AvgIpc) is 2.78. The lowest BCUT2D eigenvalue weighted by molar-refractivity contribution is -0.153. The highest BCUT2D eigenvalue weighted by atomic mass is 16.5. The van der Waals surface area contributed by atoms with Gasteiger partial charge in [-0.15, -0.1) is 0 Å². The largest absolute Gasteiger partial charge is 0.462 e. The highest BCUT2D eigenvalue weighted by molar-refractivity contribution is 5.69. The van der Waals surface area contributed by atoms with Crippen LogP contribution in [0.1, 0.15) is 142 Å². The molecule has 180 valence electrons. The molecule has 3 aliphatic carbocycles. The second kappa shape index (κ2) is 13.9. The summed E-state index contributed by atoms with van der Waals surface area (Å²) in [5.74, 6) is 4.88. The molecule has 0 amide bonds. The number of hydrogen-bond acceptors (Lipinski definition) is 2. The minimum absolute atomic E-state index is 0.0769. The van der Waals surface area contributed by atoms with Crippen LogP contribution in [0.3, 0.4) is 0 Å². The molecular formula is C29H52O2. The number of unbranched alkanes of at least 4 members (excludes halogenated alkanes) is 8. The zero-order chi connectivity index (χ0) is 21.9. The Morgan fingerprint density at radius 3 is 2.00 bits per heavy atom. The lowest BCUT2D eigenvalue weighted by atomic mass is 9.56. The van der Waals surface area contributed by atoms with E-state index >= 15 is 0 Å². The maximum Gasteiger partial charge on any atom is 0.306 e. The molecule has 2 nitrogen and oxygen atoms in total. The molecule has 0 aromatic carbocycles. The number of esters is 1. The van der Waals surface area contributed by atoms with Crippen LogP contribution in [-0.4, -0.2) is 12.1 Å². The molecule has 3 rings (SSSR count). The Labute approximate surface area is 193 Å². The lowest BCUT2D eigenvalue weighted by Gasteiger charge is -2.50. The van der Waals surface area contributed by atoms with Crippen LogP contribution in [-0.2, 0) is 9.53 Å². The van der Waals surface area contributed by atoms with Crippen molar-refractivity contribution in [2.24, 2.45) is 29.6 Å². The van der Waals surface area contributed by atoms with E-state index in [0.717, 1.165) is 48.9 Å². The van der Waals surface area contributed by atoms with E-state index in [-0.39, 0.29) is 12.1 Å². The van der Waals surface area contributed by atoms with E-state index < -0.39 is 0 Å². The first-order valence-corrected chi connectivity index (χ1v) is 14.4. The Kier molecular flexibility index (Phi) is 11.2. The summed E-state index contributed by atoms with van der Waals surface area (Å²) < 4.78 is 5.93. The quantitative estimate of drug-likeness (QED) is 0.214. The van der Waals surface area contributed by atoms with Gasteiger partial charge in [0.1, 0.15) is 6.10 Å². The van der Waals surface area contributed by atoms with Crippen LogP contribution < -0.4 is 0 Å². The van der Waals surface area contributed by atoms with Crippen LogP contribution in [0, 0.1) is 29.6 Å². The standard InChI is InChI=1S/C29H52O2/c1-3-5-7-9-11-13-23-15-19-27-24(21-23)16-17-25-22-26(18-20-28(25)27)31-29(30)14-12-10-8-6-4-2/h23-28H,3-22H2,1-2H3/t23-,24?,25?,26-,27?,28?/m1/s1. The molecule has 0 aromatic rings. The van der Waals surface area contributed by atoms with Crippen molar-refractivity contribution in [3.8, 4) is 0 Å². The molecule has 0 spiro atoms. The molecule has 0 aliphatic heterocycles. The van der Waals surface area contributed by atoms with Crippen molar-refractivity contribution in [1.29, 1.82) is 0 Å². The Hall–Kier alpha value is -0.530. The second-order valence-electron chi connectivity index (χ2n) is 11.4. The minimum atomic E-state index is 0.0769. The molecule has 4 unspecified atom stereocenters. The third-order valence-electron chi connectivity index (χ3n) is 9.10. The molecule has 0 radical (unpaired) electrons. The highest BCUT2D eigenvalue weighted by Gasteiger charge is 2.44. The number of fused-ring (bicyclic) bond motifs is 3. The van der Waals surface area contributed by atoms with E-state index in [1.54, 1.807) is 0 Å². The van der Waals surface area contributed by atoms with Crippen LogP contribution in [0.15, 0.2) is 0 Å². The molecule has 3 fully saturated rings. The summed E-state index contributed by atoms with van der Waals surface area (Å²) in [5.41, 5.74) is 0. The number of rotatable bonds is 13. The summed E-state index contributed by atoms with van der Waals surface area (Å²) in [7, 11) is 0. The van der Waals surface area contributed by atoms with Crippen LogP contribution in [0.25, 0.3) is 0 Å². The van der Waals surface area contributed by atoms with Gasteiger partial charge < -0.3 is 4.74 Å². The van der Waals surface area contributed by atoms with Gasteiger partial charge in [0.05, 0.1) is 0 Å². The maximum atomic E-state index is 12.3. The Morgan fingerprint density at radius 1 is 0.677 bits per heavy atom. The van der Waals surface area contributed by atoms with Gasteiger partial charge in [0.15, 0.2) is 0 Å². The molecule has 2 heteroatoms. The third kappa shape index (κ3) is 8.08. The van der Waals surface area contributed by atoms with Gasteiger partial charge in [-0.05, 0) is 81.0 Å². The molecule has 0 heterocycles. The van der Waals surface area contributed by atoms with Crippen LogP contribution in [0.2, 0.25) is 0 Å². The van der Waals surface area contributed by atoms with E-state index in [4.69, 9.17) is 4.74 Å². The van der Waals surface area contributed by atoms with Crippen molar-refractivity contribution in [3.63, 3.8) is 0 Å². The van der Waals surface area contributed by atoms with Crippen molar-refractivity contribution in [3.05, 3.63) is 0 Å². The van der Waals surface area contributed by atoms with Crippen molar-refractivity contribution < 1.29 is 9.53 Å². The summed E-state index contributed by atoms with van der Waals surface area (Å²) in [6.45, 7) is 4.55. The average molecular weight is 433 g/mol. The van der Waals surface area contributed by atoms with Gasteiger partial charge in [-0.25, -0.2) is 0 Å². The molecule has 0 bridgehead atoms. The molecule has 6 atom stereocenters. The summed E-state index contributed by atoms with van der Waals surface area (Å²) in [4.78, 5) is 12.3. The molecule has 3 saturated carbocycles. The fraction of sp³-hybridized carbons (Fsp3) is 0.966. The SMILES string of the molecule is CCCCCCCC(=O)O[C@@H]1CCC2C(CCC3C[C@H](CCCCCCC)CCC32)C1. The Balaban J connectivity index is 1.34. The van der Waals surface area contributed by atoms with Gasteiger partial charge in [-0.1, -0.05) is 84.5 Å². The first-order chi connectivity index (χ1) is 15.2. The van der Waals surface area contributed by atoms with E-state index in [9.17, 15) is 4.79 Å². The second-order valence-corrected chi connectivity index (χ2v) is 11.4. The topological polar surface area (TPSA) is 26.3 Å². The van der Waals surface area contributed by atoms with Crippen LogP contribution in [0.5, 0.6) is 0 Å². The fourth-order valence-electron chi connectivity index (χ4n) is 7.37. The van der Waals surface area contributed by atoms with Gasteiger partial charge in [-0.3, -0.25) is 4.79 Å². The summed E-state index contributed by atoms with van der Waals surface area (Å²) in [6.07, 6.45) is 26.5. The van der Waals surface area contributed by atoms with Crippen molar-refractivity contribution in [1.82, 2.24) is 0 Å². The number of carbonyl (C=O) groups excluding carboxylic acids is 1. The first-order valence-electron chi connectivity index (χ1n) is 14.4. The van der Waals surface area contributed by atoms with Gasteiger partial charge in [0.25, 0.3) is 0 Å². The predicted octanol–water partition coefficient (Wildman–Crippen LogP) is 8.86. The number of hydrogen-bond donors (Lipinski definition) is 0. The zero-order valence-electron chi connectivity index (χ0n) is 20.9. The molecule has 3 aliphatic rings. The maximum absolute atomic E-state index is 12.3. The molecule has 0 N–H and O–H groups in total. The van der Waals surface area contributed by atoms with Crippen LogP contribution in [0.4, 0.5) is 0 Å². The number of ether oxygens (including phenoxy) is 1. The smallest absolute Gasteiger partial charge is 0.306 e. The first kappa shape index (κ1) is 25.1. The molecule has 0 saturated heterocycles. The van der Waals surface area contributed by atoms with Crippen molar-refractivity contribution >= 4 is 5.97 Å². The summed E-state index contributed by atoms with van der Waals surface area (Å²) in [5, 5.41) is 0. The Bertz CT molecular complexity index is 501.